The molecule has 2 heterocycles. The van der Waals surface area contributed by atoms with Crippen LogP contribution in [-0.4, -0.2) is 17.4 Å². The Morgan fingerprint density at radius 3 is 3.11 bits per heavy atom. The second kappa shape index (κ2) is 4.72. The van der Waals surface area contributed by atoms with Gasteiger partial charge in [-0.15, -0.1) is 0 Å². The number of carbonyl (C=O) groups is 1. The SMILES string of the molecule is Cc1ccncc1NC(=O)c1ccc2c(c1)NCC2. The van der Waals surface area contributed by atoms with Crippen LogP contribution in [0.25, 0.3) is 0 Å². The predicted octanol–water partition coefficient (Wildman–Crippen LogP) is 2.61. The third kappa shape index (κ3) is 2.29. The molecule has 0 bridgehead atoms. The van der Waals surface area contributed by atoms with E-state index in [-0.39, 0.29) is 5.91 Å². The first-order valence-electron chi connectivity index (χ1n) is 6.33. The number of amides is 1. The van der Waals surface area contributed by atoms with E-state index in [0.29, 0.717) is 5.56 Å². The van der Waals surface area contributed by atoms with Crippen LogP contribution in [0.4, 0.5) is 11.4 Å². The number of rotatable bonds is 2. The van der Waals surface area contributed by atoms with E-state index in [9.17, 15) is 4.79 Å². The number of fused-ring (bicyclic) bond motifs is 1. The van der Waals surface area contributed by atoms with Crippen molar-refractivity contribution < 1.29 is 4.79 Å². The Morgan fingerprint density at radius 1 is 1.37 bits per heavy atom. The van der Waals surface area contributed by atoms with E-state index in [1.807, 2.05) is 31.2 Å². The van der Waals surface area contributed by atoms with Gasteiger partial charge in [-0.2, -0.15) is 0 Å². The minimum Gasteiger partial charge on any atom is -0.384 e. The second-order valence-corrected chi connectivity index (χ2v) is 4.69. The van der Waals surface area contributed by atoms with Crippen molar-refractivity contribution in [3.8, 4) is 0 Å². The Bertz CT molecular complexity index is 637. The number of hydrogen-bond acceptors (Lipinski definition) is 3. The molecule has 96 valence electrons. The lowest BCUT2D eigenvalue weighted by atomic mass is 10.1. The quantitative estimate of drug-likeness (QED) is 0.865. The minimum absolute atomic E-state index is 0.104. The van der Waals surface area contributed by atoms with Crippen molar-refractivity contribution in [1.82, 2.24) is 4.98 Å². The second-order valence-electron chi connectivity index (χ2n) is 4.69. The first kappa shape index (κ1) is 11.7. The van der Waals surface area contributed by atoms with E-state index in [0.717, 1.165) is 29.9 Å². The summed E-state index contributed by atoms with van der Waals surface area (Å²) in [6.07, 6.45) is 4.40. The maximum absolute atomic E-state index is 12.2. The number of carbonyl (C=O) groups excluding carboxylic acids is 1. The van der Waals surface area contributed by atoms with E-state index < -0.39 is 0 Å². The van der Waals surface area contributed by atoms with Gasteiger partial charge in [0.15, 0.2) is 0 Å². The van der Waals surface area contributed by atoms with Crippen LogP contribution in [0, 0.1) is 6.92 Å². The van der Waals surface area contributed by atoms with Gasteiger partial charge in [0.1, 0.15) is 0 Å². The van der Waals surface area contributed by atoms with Crippen molar-refractivity contribution in [2.75, 3.05) is 17.2 Å². The highest BCUT2D eigenvalue weighted by Gasteiger charge is 2.14. The molecule has 2 aromatic rings. The molecular weight excluding hydrogens is 238 g/mol. The summed E-state index contributed by atoms with van der Waals surface area (Å²) in [5, 5.41) is 6.17. The van der Waals surface area contributed by atoms with E-state index in [4.69, 9.17) is 0 Å². The van der Waals surface area contributed by atoms with E-state index in [1.54, 1.807) is 12.4 Å². The molecule has 0 saturated heterocycles. The number of aromatic nitrogens is 1. The van der Waals surface area contributed by atoms with Crippen molar-refractivity contribution >= 4 is 17.3 Å². The summed E-state index contributed by atoms with van der Waals surface area (Å²) >= 11 is 0. The Morgan fingerprint density at radius 2 is 2.26 bits per heavy atom. The zero-order chi connectivity index (χ0) is 13.2. The highest BCUT2D eigenvalue weighted by Crippen LogP contribution is 2.23. The van der Waals surface area contributed by atoms with Gasteiger partial charge in [0, 0.05) is 24.0 Å². The smallest absolute Gasteiger partial charge is 0.255 e. The van der Waals surface area contributed by atoms with Crippen LogP contribution >= 0.6 is 0 Å². The molecule has 0 radical (unpaired) electrons. The van der Waals surface area contributed by atoms with Crippen LogP contribution in [0.2, 0.25) is 0 Å². The fraction of sp³-hybridized carbons (Fsp3) is 0.200. The number of hydrogen-bond donors (Lipinski definition) is 2. The minimum atomic E-state index is -0.104. The van der Waals surface area contributed by atoms with E-state index in [2.05, 4.69) is 15.6 Å². The molecule has 1 amide bonds. The van der Waals surface area contributed by atoms with Crippen LogP contribution in [0.3, 0.4) is 0 Å². The zero-order valence-corrected chi connectivity index (χ0v) is 10.7. The lowest BCUT2D eigenvalue weighted by molar-refractivity contribution is 0.102. The van der Waals surface area contributed by atoms with Crippen molar-refractivity contribution in [3.63, 3.8) is 0 Å². The summed E-state index contributed by atoms with van der Waals surface area (Å²) in [7, 11) is 0. The number of anilines is 2. The van der Waals surface area contributed by atoms with E-state index in [1.165, 1.54) is 5.56 Å². The summed E-state index contributed by atoms with van der Waals surface area (Å²) in [5.74, 6) is -0.104. The Hall–Kier alpha value is -2.36. The van der Waals surface area contributed by atoms with Gasteiger partial charge in [-0.25, -0.2) is 0 Å². The van der Waals surface area contributed by atoms with Crippen molar-refractivity contribution in [3.05, 3.63) is 53.3 Å². The van der Waals surface area contributed by atoms with Gasteiger partial charge in [0.25, 0.3) is 5.91 Å². The molecule has 3 rings (SSSR count). The first-order chi connectivity index (χ1) is 9.24. The average molecular weight is 253 g/mol. The summed E-state index contributed by atoms with van der Waals surface area (Å²) in [6, 6.07) is 7.66. The molecule has 1 aromatic heterocycles. The van der Waals surface area contributed by atoms with E-state index >= 15 is 0 Å². The van der Waals surface area contributed by atoms with Gasteiger partial charge in [0.2, 0.25) is 0 Å². The first-order valence-corrected chi connectivity index (χ1v) is 6.33. The number of nitrogens with one attached hydrogen (secondary N) is 2. The number of benzene rings is 1. The van der Waals surface area contributed by atoms with Crippen molar-refractivity contribution in [2.45, 2.75) is 13.3 Å². The zero-order valence-electron chi connectivity index (χ0n) is 10.7. The monoisotopic (exact) mass is 253 g/mol. The fourth-order valence-corrected chi connectivity index (χ4v) is 2.22. The maximum atomic E-state index is 12.2. The summed E-state index contributed by atoms with van der Waals surface area (Å²) < 4.78 is 0. The molecular formula is C15H15N3O. The largest absolute Gasteiger partial charge is 0.384 e. The van der Waals surface area contributed by atoms with Crippen LogP contribution in [-0.2, 0) is 6.42 Å². The predicted molar refractivity (Wildman–Crippen MR) is 75.6 cm³/mol. The van der Waals surface area contributed by atoms with Crippen LogP contribution < -0.4 is 10.6 Å². The Balaban J connectivity index is 1.83. The third-order valence-corrected chi connectivity index (χ3v) is 3.37. The molecule has 1 aromatic carbocycles. The fourth-order valence-electron chi connectivity index (χ4n) is 2.22. The summed E-state index contributed by atoms with van der Waals surface area (Å²) in [5.41, 5.74) is 4.75. The highest BCUT2D eigenvalue weighted by atomic mass is 16.1. The molecule has 19 heavy (non-hydrogen) atoms. The lowest BCUT2D eigenvalue weighted by Gasteiger charge is -2.08. The maximum Gasteiger partial charge on any atom is 0.255 e. The van der Waals surface area contributed by atoms with Gasteiger partial charge in [0.05, 0.1) is 11.9 Å². The summed E-state index contributed by atoms with van der Waals surface area (Å²) in [6.45, 7) is 2.89. The number of aryl methyl sites for hydroxylation is 1. The van der Waals surface area contributed by atoms with Crippen LogP contribution in [0.15, 0.2) is 36.7 Å². The molecule has 4 heteroatoms. The molecule has 0 unspecified atom stereocenters. The van der Waals surface area contributed by atoms with Crippen LogP contribution in [0.1, 0.15) is 21.5 Å². The molecule has 4 nitrogen and oxygen atoms in total. The molecule has 0 fully saturated rings. The van der Waals surface area contributed by atoms with Gasteiger partial charge < -0.3 is 10.6 Å². The molecule has 1 aliphatic heterocycles. The summed E-state index contributed by atoms with van der Waals surface area (Å²) in [4.78, 5) is 16.2. The number of pyridine rings is 1. The van der Waals surface area contributed by atoms with Gasteiger partial charge in [-0.1, -0.05) is 6.07 Å². The van der Waals surface area contributed by atoms with Crippen molar-refractivity contribution in [2.24, 2.45) is 0 Å². The molecule has 1 aliphatic rings. The highest BCUT2D eigenvalue weighted by molar-refractivity contribution is 6.05. The van der Waals surface area contributed by atoms with Gasteiger partial charge >= 0.3 is 0 Å². The molecule has 0 spiro atoms. The number of nitrogens with zero attached hydrogens (tertiary/aromatic N) is 1. The Kier molecular flexibility index (Phi) is 2.91. The molecule has 0 saturated carbocycles. The molecule has 2 N–H and O–H groups in total. The Labute approximate surface area is 111 Å². The van der Waals surface area contributed by atoms with Gasteiger partial charge in [-0.3, -0.25) is 9.78 Å². The van der Waals surface area contributed by atoms with Crippen molar-refractivity contribution in [1.29, 1.82) is 0 Å². The lowest BCUT2D eigenvalue weighted by Crippen LogP contribution is -2.13. The third-order valence-electron chi connectivity index (χ3n) is 3.37. The van der Waals surface area contributed by atoms with Crippen LogP contribution in [0.5, 0.6) is 0 Å². The molecule has 0 aliphatic carbocycles. The average Bonchev–Trinajstić information content (AvgIpc) is 2.88. The van der Waals surface area contributed by atoms with Gasteiger partial charge in [-0.05, 0) is 42.7 Å². The standard InChI is InChI=1S/C15H15N3O/c1-10-4-6-16-9-14(10)18-15(19)12-3-2-11-5-7-17-13(11)8-12/h2-4,6,8-9,17H,5,7H2,1H3,(H,18,19). The topological polar surface area (TPSA) is 54.0 Å². The normalized spacial score (nSPS) is 12.7. The molecule has 0 atom stereocenters.